The molecule has 1 amide bonds. The summed E-state index contributed by atoms with van der Waals surface area (Å²) in [6.07, 6.45) is 6.33. The van der Waals surface area contributed by atoms with Gasteiger partial charge in [-0.1, -0.05) is 0 Å². The monoisotopic (exact) mass is 484 g/mol. The molecule has 0 spiro atoms. The topological polar surface area (TPSA) is 130 Å². The number of hydrogen-bond acceptors (Lipinski definition) is 9. The van der Waals surface area contributed by atoms with Crippen LogP contribution in [0.1, 0.15) is 16.9 Å². The molecule has 2 aliphatic heterocycles. The Balaban J connectivity index is 1.33. The van der Waals surface area contributed by atoms with Crippen LogP contribution in [0.25, 0.3) is 22.3 Å². The molecular weight excluding hydrogens is 456 g/mol. The Bertz CT molecular complexity index is 1460. The number of nitrogens with zero attached hydrogens (tertiary/aromatic N) is 7. The van der Waals surface area contributed by atoms with Gasteiger partial charge in [0.25, 0.3) is 5.91 Å². The van der Waals surface area contributed by atoms with Gasteiger partial charge in [-0.2, -0.15) is 0 Å². The molecule has 3 aromatic heterocycles. The van der Waals surface area contributed by atoms with Gasteiger partial charge in [0.15, 0.2) is 17.3 Å². The third-order valence-corrected chi connectivity index (χ3v) is 7.24. The second-order valence-corrected chi connectivity index (χ2v) is 9.45. The van der Waals surface area contributed by atoms with Crippen LogP contribution in [0.15, 0.2) is 43.0 Å². The first-order chi connectivity index (χ1) is 17.4. The number of likely N-dealkylation sites (N-methyl/N-ethyl adjacent to an activating group) is 1. The van der Waals surface area contributed by atoms with Gasteiger partial charge in [0, 0.05) is 56.8 Å². The minimum atomic E-state index is -0.677. The zero-order chi connectivity index (χ0) is 25.0. The maximum atomic E-state index is 12.4. The highest BCUT2D eigenvalue weighted by Crippen LogP contribution is 2.35. The van der Waals surface area contributed by atoms with Gasteiger partial charge in [-0.15, -0.1) is 0 Å². The molecule has 36 heavy (non-hydrogen) atoms. The maximum Gasteiger partial charge on any atom is 0.271 e. The molecule has 2 fully saturated rings. The third-order valence-electron chi connectivity index (χ3n) is 7.24. The van der Waals surface area contributed by atoms with E-state index in [2.05, 4.69) is 59.5 Å². The van der Waals surface area contributed by atoms with Crippen LogP contribution in [0.4, 0.5) is 23.0 Å². The molecule has 5 heterocycles. The summed E-state index contributed by atoms with van der Waals surface area (Å²) in [6, 6.07) is 9.37. The molecule has 0 radical (unpaired) electrons. The van der Waals surface area contributed by atoms with E-state index in [-0.39, 0.29) is 11.5 Å². The number of likely N-dealkylation sites (tertiary alicyclic amines) is 1. The Kier molecular flexibility index (Phi) is 5.22. The Morgan fingerprint density at radius 2 is 1.86 bits per heavy atom. The van der Waals surface area contributed by atoms with Gasteiger partial charge in [-0.05, 0) is 37.7 Å². The fourth-order valence-electron chi connectivity index (χ4n) is 5.33. The highest BCUT2D eigenvalue weighted by molar-refractivity contribution is 5.99. The fourth-order valence-corrected chi connectivity index (χ4v) is 5.33. The van der Waals surface area contributed by atoms with Crippen molar-refractivity contribution in [3.05, 3.63) is 48.7 Å². The summed E-state index contributed by atoms with van der Waals surface area (Å²) < 4.78 is 1.87. The minimum Gasteiger partial charge on any atom is -0.371 e. The number of aromatic nitrogens is 5. The molecule has 4 aromatic rings. The molecule has 11 nitrogen and oxygen atoms in total. The summed E-state index contributed by atoms with van der Waals surface area (Å²) >= 11 is 0. The summed E-state index contributed by atoms with van der Waals surface area (Å²) in [6.45, 7) is 2.15. The zero-order valence-electron chi connectivity index (χ0n) is 20.4. The molecule has 4 N–H and O–H groups in total. The first-order valence-corrected chi connectivity index (χ1v) is 11.9. The van der Waals surface area contributed by atoms with Gasteiger partial charge in [0.1, 0.15) is 11.2 Å². The number of nitrogens with two attached hydrogens (primary N) is 1. The second-order valence-electron chi connectivity index (χ2n) is 9.45. The molecule has 2 bridgehead atoms. The van der Waals surface area contributed by atoms with E-state index in [1.165, 1.54) is 12.1 Å². The van der Waals surface area contributed by atoms with Crippen molar-refractivity contribution in [2.24, 2.45) is 12.8 Å². The molecule has 0 aliphatic carbocycles. The van der Waals surface area contributed by atoms with Crippen LogP contribution in [0.2, 0.25) is 0 Å². The second kappa shape index (κ2) is 8.45. The summed E-state index contributed by atoms with van der Waals surface area (Å²) in [7, 11) is 5.85. The van der Waals surface area contributed by atoms with E-state index >= 15 is 0 Å². The molecule has 184 valence electrons. The fraction of sp³-hybridized carbons (Fsp3) is 0.320. The number of carbonyl (C=O) groups is 1. The molecule has 2 aliphatic rings. The molecule has 1 aromatic carbocycles. The Labute approximate surface area is 208 Å². The lowest BCUT2D eigenvalue weighted by molar-refractivity contribution is 0.0996. The van der Waals surface area contributed by atoms with Crippen LogP contribution >= 0.6 is 0 Å². The highest BCUT2D eigenvalue weighted by atomic mass is 16.1. The first-order valence-electron chi connectivity index (χ1n) is 11.9. The molecule has 2 saturated heterocycles. The number of aryl methyl sites for hydroxylation is 1. The van der Waals surface area contributed by atoms with Crippen LogP contribution < -0.4 is 21.3 Å². The number of primary amides is 1. The van der Waals surface area contributed by atoms with E-state index in [0.717, 1.165) is 24.3 Å². The number of amides is 1. The van der Waals surface area contributed by atoms with Gasteiger partial charge < -0.3 is 25.8 Å². The third kappa shape index (κ3) is 3.59. The summed E-state index contributed by atoms with van der Waals surface area (Å²) in [4.78, 5) is 35.4. The number of nitrogens with one attached hydrogen (secondary N) is 2. The lowest BCUT2D eigenvalue weighted by Crippen LogP contribution is -2.44. The van der Waals surface area contributed by atoms with Crippen molar-refractivity contribution in [1.29, 1.82) is 0 Å². The maximum absolute atomic E-state index is 12.4. The van der Waals surface area contributed by atoms with Gasteiger partial charge in [-0.3, -0.25) is 14.7 Å². The molecule has 11 heteroatoms. The van der Waals surface area contributed by atoms with Crippen molar-refractivity contribution < 1.29 is 4.79 Å². The average molecular weight is 485 g/mol. The van der Waals surface area contributed by atoms with Crippen LogP contribution in [0, 0.1) is 0 Å². The van der Waals surface area contributed by atoms with E-state index in [1.54, 1.807) is 25.8 Å². The predicted octanol–water partition coefficient (Wildman–Crippen LogP) is 2.20. The van der Waals surface area contributed by atoms with E-state index in [4.69, 9.17) is 5.73 Å². The first kappa shape index (κ1) is 22.2. The summed E-state index contributed by atoms with van der Waals surface area (Å²) in [5.74, 6) is 0.0894. The molecule has 0 saturated carbocycles. The van der Waals surface area contributed by atoms with Crippen molar-refractivity contribution in [2.75, 3.05) is 42.7 Å². The van der Waals surface area contributed by atoms with E-state index in [1.807, 2.05) is 23.7 Å². The van der Waals surface area contributed by atoms with Gasteiger partial charge in [-0.25, -0.2) is 15.0 Å². The Morgan fingerprint density at radius 3 is 2.53 bits per heavy atom. The van der Waals surface area contributed by atoms with Crippen molar-refractivity contribution >= 4 is 40.0 Å². The summed E-state index contributed by atoms with van der Waals surface area (Å²) in [5, 5.41) is 6.32. The largest absolute Gasteiger partial charge is 0.371 e. The number of carbonyl (C=O) groups excluding carboxylic acids is 1. The molecule has 6 rings (SSSR count). The number of hydrogen-bond donors (Lipinski definition) is 3. The smallest absolute Gasteiger partial charge is 0.271 e. The van der Waals surface area contributed by atoms with E-state index < -0.39 is 5.91 Å². The quantitative estimate of drug-likeness (QED) is 0.377. The number of benzene rings is 1. The van der Waals surface area contributed by atoms with Crippen LogP contribution in [0.5, 0.6) is 0 Å². The highest BCUT2D eigenvalue weighted by Gasteiger charge is 2.41. The van der Waals surface area contributed by atoms with Crippen molar-refractivity contribution in [3.8, 4) is 11.3 Å². The average Bonchev–Trinajstić information content (AvgIpc) is 3.58. The van der Waals surface area contributed by atoms with Gasteiger partial charge >= 0.3 is 0 Å². The minimum absolute atomic E-state index is 0.0425. The van der Waals surface area contributed by atoms with Gasteiger partial charge in [0.05, 0.1) is 23.6 Å². The Morgan fingerprint density at radius 1 is 1.06 bits per heavy atom. The van der Waals surface area contributed by atoms with Crippen molar-refractivity contribution in [1.82, 2.24) is 29.4 Å². The number of rotatable bonds is 6. The normalized spacial score (nSPS) is 19.2. The van der Waals surface area contributed by atoms with E-state index in [9.17, 15) is 4.79 Å². The molecular formula is C25H28N10O. The van der Waals surface area contributed by atoms with Crippen molar-refractivity contribution in [2.45, 2.75) is 18.5 Å². The van der Waals surface area contributed by atoms with Crippen molar-refractivity contribution in [3.63, 3.8) is 0 Å². The van der Waals surface area contributed by atoms with E-state index in [0.29, 0.717) is 34.7 Å². The predicted molar refractivity (Wildman–Crippen MR) is 139 cm³/mol. The Hall–Kier alpha value is -4.25. The number of fused-ring (bicyclic) bond motifs is 3. The SMILES string of the molecule is CNc1nc(Nc2ccc(N3C[C@H]4C[C@@H]3CN4C)cc2)c(C(N)=O)nc1-c1cncc2c1ncn2C. The zero-order valence-corrected chi connectivity index (χ0v) is 20.4. The number of anilines is 4. The van der Waals surface area contributed by atoms with Crippen LogP contribution in [-0.2, 0) is 7.05 Å². The molecule has 2 atom stereocenters. The number of piperazine rings is 1. The number of pyridine rings is 1. The van der Waals surface area contributed by atoms with Crippen LogP contribution in [-0.4, -0.2) is 74.6 Å². The van der Waals surface area contributed by atoms with Crippen LogP contribution in [0.3, 0.4) is 0 Å². The van der Waals surface area contributed by atoms with Gasteiger partial charge in [0.2, 0.25) is 0 Å². The lowest BCUT2D eigenvalue weighted by Gasteiger charge is -2.33. The summed E-state index contributed by atoms with van der Waals surface area (Å²) in [5.41, 5.74) is 10.4. The molecule has 0 unspecified atom stereocenters. The lowest BCUT2D eigenvalue weighted by atomic mass is 10.1. The standard InChI is InChI=1S/C25H28N10O/c1-27-24-21(18-9-28-10-19-20(18)29-13-34(19)3)31-22(23(26)36)25(32-24)30-14-4-6-15(7-5-14)35-12-16-8-17(35)11-33(16)2/h4-7,9-10,13,16-17H,8,11-12H2,1-3H3,(H2,26,36)(H2,27,30,32)/t16-,17-/m1/s1. The number of imidazole rings is 1.